The van der Waals surface area contributed by atoms with E-state index >= 15 is 0 Å². The summed E-state index contributed by atoms with van der Waals surface area (Å²) in [5.74, 6) is 1.23. The van der Waals surface area contributed by atoms with Gasteiger partial charge in [0, 0.05) is 0 Å². The van der Waals surface area contributed by atoms with Crippen molar-refractivity contribution in [3.8, 4) is 17.1 Å². The summed E-state index contributed by atoms with van der Waals surface area (Å²) in [5, 5.41) is 13.7. The minimum absolute atomic E-state index is 0.153. The van der Waals surface area contributed by atoms with Crippen molar-refractivity contribution in [2.75, 3.05) is 0 Å². The van der Waals surface area contributed by atoms with Gasteiger partial charge in [-0.3, -0.25) is 0 Å². The number of rotatable bonds is 3. The second-order valence-electron chi connectivity index (χ2n) is 4.15. The Morgan fingerprint density at radius 2 is 2.18 bits per heavy atom. The number of nitrogens with two attached hydrogens (primary N) is 1. The van der Waals surface area contributed by atoms with Crippen molar-refractivity contribution in [3.63, 3.8) is 0 Å². The van der Waals surface area contributed by atoms with Crippen molar-refractivity contribution in [2.45, 2.75) is 26.3 Å². The number of nitrogens with zero attached hydrogens (tertiary/aromatic N) is 2. The SMILES string of the molecule is CC(C)c1ccc(-c2noc(CN)n2)c(O)c1. The van der Waals surface area contributed by atoms with Crippen LogP contribution >= 0.6 is 0 Å². The van der Waals surface area contributed by atoms with Crippen LogP contribution in [0.3, 0.4) is 0 Å². The molecular weight excluding hydrogens is 218 g/mol. The average molecular weight is 233 g/mol. The Balaban J connectivity index is 2.39. The summed E-state index contributed by atoms with van der Waals surface area (Å²) in [6, 6.07) is 5.45. The van der Waals surface area contributed by atoms with Crippen LogP contribution in [0.4, 0.5) is 0 Å². The molecule has 0 saturated carbocycles. The Kier molecular flexibility index (Phi) is 3.10. The van der Waals surface area contributed by atoms with Crippen LogP contribution in [0.15, 0.2) is 22.7 Å². The lowest BCUT2D eigenvalue weighted by molar-refractivity contribution is 0.380. The minimum Gasteiger partial charge on any atom is -0.507 e. The molecule has 1 aromatic heterocycles. The van der Waals surface area contributed by atoms with E-state index in [1.807, 2.05) is 6.07 Å². The summed E-state index contributed by atoms with van der Waals surface area (Å²) >= 11 is 0. The van der Waals surface area contributed by atoms with Gasteiger partial charge in [0.1, 0.15) is 5.75 Å². The standard InChI is InChI=1S/C12H15N3O2/c1-7(2)8-3-4-9(10(16)5-8)12-14-11(6-13)17-15-12/h3-5,7,16H,6,13H2,1-2H3. The van der Waals surface area contributed by atoms with E-state index in [1.54, 1.807) is 12.1 Å². The normalized spacial score (nSPS) is 11.1. The lowest BCUT2D eigenvalue weighted by atomic mass is 10.0. The fourth-order valence-corrected chi connectivity index (χ4v) is 1.54. The van der Waals surface area contributed by atoms with Crippen molar-refractivity contribution < 1.29 is 9.63 Å². The van der Waals surface area contributed by atoms with Gasteiger partial charge in [0.2, 0.25) is 11.7 Å². The lowest BCUT2D eigenvalue weighted by Gasteiger charge is -2.07. The van der Waals surface area contributed by atoms with Gasteiger partial charge >= 0.3 is 0 Å². The highest BCUT2D eigenvalue weighted by Gasteiger charge is 2.12. The van der Waals surface area contributed by atoms with Gasteiger partial charge in [0.25, 0.3) is 0 Å². The molecule has 17 heavy (non-hydrogen) atoms. The second-order valence-corrected chi connectivity index (χ2v) is 4.15. The van der Waals surface area contributed by atoms with Crippen LogP contribution in [-0.4, -0.2) is 15.2 Å². The van der Waals surface area contributed by atoms with Gasteiger partial charge in [0.15, 0.2) is 0 Å². The molecule has 1 heterocycles. The fraction of sp³-hybridized carbons (Fsp3) is 0.333. The summed E-state index contributed by atoms with van der Waals surface area (Å²) in [6.07, 6.45) is 0. The van der Waals surface area contributed by atoms with E-state index in [0.29, 0.717) is 23.2 Å². The Bertz CT molecular complexity index is 520. The maximum absolute atomic E-state index is 9.92. The summed E-state index contributed by atoms with van der Waals surface area (Å²) in [5.41, 5.74) is 7.00. The van der Waals surface area contributed by atoms with Crippen LogP contribution in [0.1, 0.15) is 31.2 Å². The zero-order chi connectivity index (χ0) is 12.4. The molecule has 5 heteroatoms. The minimum atomic E-state index is 0.153. The van der Waals surface area contributed by atoms with Gasteiger partial charge in [-0.1, -0.05) is 25.1 Å². The fourth-order valence-electron chi connectivity index (χ4n) is 1.54. The highest BCUT2D eigenvalue weighted by atomic mass is 16.5. The molecule has 0 aliphatic rings. The summed E-state index contributed by atoms with van der Waals surface area (Å²) < 4.78 is 4.90. The van der Waals surface area contributed by atoms with Gasteiger partial charge in [-0.2, -0.15) is 4.98 Å². The quantitative estimate of drug-likeness (QED) is 0.847. The van der Waals surface area contributed by atoms with Gasteiger partial charge in [-0.15, -0.1) is 0 Å². The number of phenolic OH excluding ortho intramolecular Hbond substituents is 1. The second kappa shape index (κ2) is 4.55. The first-order valence-electron chi connectivity index (χ1n) is 5.47. The molecule has 0 saturated heterocycles. The molecule has 0 radical (unpaired) electrons. The van der Waals surface area contributed by atoms with Crippen LogP contribution in [-0.2, 0) is 6.54 Å². The average Bonchev–Trinajstić information content (AvgIpc) is 2.77. The molecule has 0 bridgehead atoms. The smallest absolute Gasteiger partial charge is 0.240 e. The first-order chi connectivity index (χ1) is 8.11. The Morgan fingerprint density at radius 1 is 1.41 bits per heavy atom. The third-order valence-corrected chi connectivity index (χ3v) is 2.57. The first kappa shape index (κ1) is 11.6. The number of aromatic hydroxyl groups is 1. The summed E-state index contributed by atoms with van der Waals surface area (Å²) in [6.45, 7) is 4.32. The van der Waals surface area contributed by atoms with E-state index in [-0.39, 0.29) is 12.3 Å². The van der Waals surface area contributed by atoms with Gasteiger partial charge < -0.3 is 15.4 Å². The molecule has 90 valence electrons. The van der Waals surface area contributed by atoms with E-state index in [9.17, 15) is 5.11 Å². The van der Waals surface area contributed by atoms with Gasteiger partial charge in [-0.05, 0) is 23.6 Å². The molecule has 0 amide bonds. The molecule has 0 spiro atoms. The number of hydrogen-bond acceptors (Lipinski definition) is 5. The number of aromatic nitrogens is 2. The molecule has 0 atom stereocenters. The maximum atomic E-state index is 9.92. The summed E-state index contributed by atoms with van der Waals surface area (Å²) in [7, 11) is 0. The predicted molar refractivity (Wildman–Crippen MR) is 63.4 cm³/mol. The van der Waals surface area contributed by atoms with Gasteiger partial charge in [0.05, 0.1) is 12.1 Å². The van der Waals surface area contributed by atoms with E-state index in [1.165, 1.54) is 0 Å². The van der Waals surface area contributed by atoms with Crippen molar-refractivity contribution in [1.82, 2.24) is 10.1 Å². The van der Waals surface area contributed by atoms with Crippen LogP contribution in [0.2, 0.25) is 0 Å². The van der Waals surface area contributed by atoms with Crippen LogP contribution in [0.5, 0.6) is 5.75 Å². The molecule has 3 N–H and O–H groups in total. The van der Waals surface area contributed by atoms with E-state index in [4.69, 9.17) is 10.3 Å². The van der Waals surface area contributed by atoms with Crippen molar-refractivity contribution >= 4 is 0 Å². The number of hydrogen-bond donors (Lipinski definition) is 2. The molecule has 0 aliphatic carbocycles. The Morgan fingerprint density at radius 3 is 2.71 bits per heavy atom. The van der Waals surface area contributed by atoms with Crippen molar-refractivity contribution in [2.24, 2.45) is 5.73 Å². The van der Waals surface area contributed by atoms with Crippen LogP contribution < -0.4 is 5.73 Å². The van der Waals surface area contributed by atoms with E-state index < -0.39 is 0 Å². The van der Waals surface area contributed by atoms with Crippen molar-refractivity contribution in [1.29, 1.82) is 0 Å². The molecule has 0 unspecified atom stereocenters. The number of phenols is 1. The maximum Gasteiger partial charge on any atom is 0.240 e. The zero-order valence-electron chi connectivity index (χ0n) is 9.84. The molecule has 5 nitrogen and oxygen atoms in total. The largest absolute Gasteiger partial charge is 0.507 e. The Hall–Kier alpha value is -1.88. The molecular formula is C12H15N3O2. The zero-order valence-corrected chi connectivity index (χ0v) is 9.84. The van der Waals surface area contributed by atoms with E-state index in [0.717, 1.165) is 5.56 Å². The topological polar surface area (TPSA) is 85.2 Å². The lowest BCUT2D eigenvalue weighted by Crippen LogP contribution is -1.95. The van der Waals surface area contributed by atoms with Crippen LogP contribution in [0.25, 0.3) is 11.4 Å². The third kappa shape index (κ3) is 2.29. The molecule has 2 rings (SSSR count). The molecule has 1 aromatic carbocycles. The van der Waals surface area contributed by atoms with Crippen molar-refractivity contribution in [3.05, 3.63) is 29.7 Å². The first-order valence-corrected chi connectivity index (χ1v) is 5.47. The third-order valence-electron chi connectivity index (χ3n) is 2.57. The highest BCUT2D eigenvalue weighted by molar-refractivity contribution is 5.64. The molecule has 2 aromatic rings. The molecule has 0 aliphatic heterocycles. The van der Waals surface area contributed by atoms with E-state index in [2.05, 4.69) is 24.0 Å². The number of benzene rings is 1. The van der Waals surface area contributed by atoms with Crippen LogP contribution in [0, 0.1) is 0 Å². The monoisotopic (exact) mass is 233 g/mol. The molecule has 0 fully saturated rings. The predicted octanol–water partition coefficient (Wildman–Crippen LogP) is 2.02. The van der Waals surface area contributed by atoms with Gasteiger partial charge in [-0.25, -0.2) is 0 Å². The highest BCUT2D eigenvalue weighted by Crippen LogP contribution is 2.30. The summed E-state index contributed by atoms with van der Waals surface area (Å²) in [4.78, 5) is 4.07. The Labute approximate surface area is 99.3 Å².